The monoisotopic (exact) mass is 275 g/mol. The smallest absolute Gasteiger partial charge is 0.306 e. The minimum Gasteiger partial charge on any atom is -0.461 e. The molecule has 3 nitrogen and oxygen atoms in total. The lowest BCUT2D eigenvalue weighted by Crippen LogP contribution is -2.35. The van der Waals surface area contributed by atoms with Crippen molar-refractivity contribution in [1.82, 2.24) is 0 Å². The van der Waals surface area contributed by atoms with Crippen LogP contribution in [0, 0.1) is 12.3 Å². The fraction of sp³-hybridized carbons (Fsp3) is 0.588. The van der Waals surface area contributed by atoms with E-state index in [1.807, 2.05) is 31.2 Å². The lowest BCUT2D eigenvalue weighted by Gasteiger charge is -2.35. The van der Waals surface area contributed by atoms with Crippen molar-refractivity contribution in [1.29, 1.82) is 0 Å². The molecule has 0 amide bonds. The number of hydrogen-bond acceptors (Lipinski definition) is 3. The molecule has 2 rings (SSSR count). The third kappa shape index (κ3) is 3.83. The topological polar surface area (TPSA) is 52.3 Å². The molecule has 2 N–H and O–H groups in total. The second kappa shape index (κ2) is 6.89. The van der Waals surface area contributed by atoms with Crippen molar-refractivity contribution in [2.75, 3.05) is 6.54 Å². The molecular formula is C17H25NO2. The molecule has 1 aromatic rings. The first kappa shape index (κ1) is 15.0. The van der Waals surface area contributed by atoms with Crippen molar-refractivity contribution in [3.05, 3.63) is 35.4 Å². The Balaban J connectivity index is 1.87. The van der Waals surface area contributed by atoms with Crippen LogP contribution in [0.5, 0.6) is 0 Å². The van der Waals surface area contributed by atoms with E-state index in [9.17, 15) is 4.79 Å². The van der Waals surface area contributed by atoms with Crippen LogP contribution in [0.4, 0.5) is 0 Å². The molecule has 0 unspecified atom stereocenters. The number of hydrogen-bond donors (Lipinski definition) is 1. The molecule has 0 radical (unpaired) electrons. The highest BCUT2D eigenvalue weighted by Crippen LogP contribution is 2.38. The molecule has 0 aromatic heterocycles. The molecule has 0 aliphatic heterocycles. The molecule has 1 aliphatic carbocycles. The number of ether oxygens (including phenoxy) is 1. The number of benzene rings is 1. The maximum atomic E-state index is 12.1. The zero-order valence-electron chi connectivity index (χ0n) is 12.4. The van der Waals surface area contributed by atoms with Gasteiger partial charge in [0.05, 0.1) is 6.42 Å². The van der Waals surface area contributed by atoms with Crippen molar-refractivity contribution < 1.29 is 9.53 Å². The average molecular weight is 275 g/mol. The average Bonchev–Trinajstić information content (AvgIpc) is 2.47. The number of aryl methyl sites for hydroxylation is 1. The first-order chi connectivity index (χ1) is 9.65. The van der Waals surface area contributed by atoms with E-state index in [1.165, 1.54) is 19.3 Å². The van der Waals surface area contributed by atoms with Gasteiger partial charge in [-0.25, -0.2) is 0 Å². The van der Waals surface area contributed by atoms with Crippen molar-refractivity contribution in [3.63, 3.8) is 0 Å². The van der Waals surface area contributed by atoms with Gasteiger partial charge in [0.25, 0.3) is 0 Å². The minimum absolute atomic E-state index is 0.0128. The standard InChI is InChI=1S/C17H25NO2/c1-14-7-3-4-8-15(14)12-20-16(19)11-17(13-18)9-5-2-6-10-17/h3-4,7-8H,2,5-6,9-13,18H2,1H3. The molecule has 0 saturated heterocycles. The van der Waals surface area contributed by atoms with Crippen molar-refractivity contribution in [2.24, 2.45) is 11.1 Å². The van der Waals surface area contributed by atoms with Crippen LogP contribution in [0.1, 0.15) is 49.7 Å². The molecule has 110 valence electrons. The minimum atomic E-state index is -0.111. The van der Waals surface area contributed by atoms with Gasteiger partial charge in [0.1, 0.15) is 6.61 Å². The molecule has 0 heterocycles. The number of carbonyl (C=O) groups excluding carboxylic acids is 1. The largest absolute Gasteiger partial charge is 0.461 e. The van der Waals surface area contributed by atoms with E-state index in [4.69, 9.17) is 10.5 Å². The molecule has 1 aliphatic rings. The molecule has 0 spiro atoms. The summed E-state index contributed by atoms with van der Waals surface area (Å²) in [5.74, 6) is -0.111. The summed E-state index contributed by atoms with van der Waals surface area (Å²) >= 11 is 0. The normalized spacial score (nSPS) is 17.7. The Hall–Kier alpha value is -1.35. The molecule has 1 aromatic carbocycles. The van der Waals surface area contributed by atoms with Gasteiger partial charge < -0.3 is 10.5 Å². The molecule has 3 heteroatoms. The molecule has 20 heavy (non-hydrogen) atoms. The molecular weight excluding hydrogens is 250 g/mol. The number of nitrogens with two attached hydrogens (primary N) is 1. The third-order valence-electron chi connectivity index (χ3n) is 4.52. The van der Waals surface area contributed by atoms with Crippen LogP contribution in [0.25, 0.3) is 0 Å². The Morgan fingerprint density at radius 1 is 1.25 bits per heavy atom. The number of rotatable bonds is 5. The van der Waals surface area contributed by atoms with Gasteiger partial charge in [-0.3, -0.25) is 4.79 Å². The van der Waals surface area contributed by atoms with Gasteiger partial charge in [0, 0.05) is 0 Å². The Morgan fingerprint density at radius 3 is 2.60 bits per heavy atom. The lowest BCUT2D eigenvalue weighted by atomic mass is 9.72. The highest BCUT2D eigenvalue weighted by molar-refractivity contribution is 5.70. The summed E-state index contributed by atoms with van der Waals surface area (Å²) in [5.41, 5.74) is 8.13. The van der Waals surface area contributed by atoms with Crippen LogP contribution in [0.3, 0.4) is 0 Å². The molecule has 0 bridgehead atoms. The highest BCUT2D eigenvalue weighted by Gasteiger charge is 2.33. The maximum absolute atomic E-state index is 12.1. The van der Waals surface area contributed by atoms with Crippen molar-refractivity contribution >= 4 is 5.97 Å². The Morgan fingerprint density at radius 2 is 1.95 bits per heavy atom. The van der Waals surface area contributed by atoms with Crippen LogP contribution in [-0.4, -0.2) is 12.5 Å². The second-order valence-electron chi connectivity index (χ2n) is 6.03. The first-order valence-corrected chi connectivity index (χ1v) is 7.55. The van der Waals surface area contributed by atoms with Gasteiger partial charge in [0.2, 0.25) is 0 Å². The lowest BCUT2D eigenvalue weighted by molar-refractivity contribution is -0.148. The van der Waals surface area contributed by atoms with E-state index >= 15 is 0 Å². The summed E-state index contributed by atoms with van der Waals surface area (Å²) < 4.78 is 5.44. The molecule has 0 atom stereocenters. The van der Waals surface area contributed by atoms with Crippen LogP contribution in [-0.2, 0) is 16.1 Å². The number of esters is 1. The Labute approximate surface area is 121 Å². The quantitative estimate of drug-likeness (QED) is 0.838. The summed E-state index contributed by atoms with van der Waals surface area (Å²) in [6.07, 6.45) is 6.21. The maximum Gasteiger partial charge on any atom is 0.306 e. The fourth-order valence-corrected chi connectivity index (χ4v) is 3.04. The summed E-state index contributed by atoms with van der Waals surface area (Å²) in [6, 6.07) is 8.00. The zero-order valence-corrected chi connectivity index (χ0v) is 12.4. The van der Waals surface area contributed by atoms with Crippen molar-refractivity contribution in [3.8, 4) is 0 Å². The predicted molar refractivity (Wildman–Crippen MR) is 80.2 cm³/mol. The second-order valence-corrected chi connectivity index (χ2v) is 6.03. The van der Waals surface area contributed by atoms with E-state index in [0.717, 1.165) is 24.0 Å². The first-order valence-electron chi connectivity index (χ1n) is 7.55. The van der Waals surface area contributed by atoms with Gasteiger partial charge in [0.15, 0.2) is 0 Å². The summed E-state index contributed by atoms with van der Waals surface area (Å²) in [6.45, 7) is 2.99. The van der Waals surface area contributed by atoms with Gasteiger partial charge in [-0.05, 0) is 42.9 Å². The highest BCUT2D eigenvalue weighted by atomic mass is 16.5. The van der Waals surface area contributed by atoms with Crippen LogP contribution in [0.2, 0.25) is 0 Å². The number of carbonyl (C=O) groups is 1. The van der Waals surface area contributed by atoms with Gasteiger partial charge in [-0.1, -0.05) is 43.5 Å². The summed E-state index contributed by atoms with van der Waals surface area (Å²) in [4.78, 5) is 12.1. The van der Waals surface area contributed by atoms with E-state index in [0.29, 0.717) is 19.6 Å². The van der Waals surface area contributed by atoms with Crippen LogP contribution in [0.15, 0.2) is 24.3 Å². The van der Waals surface area contributed by atoms with Gasteiger partial charge >= 0.3 is 5.97 Å². The van der Waals surface area contributed by atoms with E-state index in [-0.39, 0.29) is 11.4 Å². The van der Waals surface area contributed by atoms with E-state index in [2.05, 4.69) is 0 Å². The predicted octanol–water partition coefficient (Wildman–Crippen LogP) is 3.34. The van der Waals surface area contributed by atoms with E-state index < -0.39 is 0 Å². The SMILES string of the molecule is Cc1ccccc1COC(=O)CC1(CN)CCCCC1. The Kier molecular flexibility index (Phi) is 5.18. The fourth-order valence-electron chi connectivity index (χ4n) is 3.04. The van der Waals surface area contributed by atoms with Gasteiger partial charge in [-0.15, -0.1) is 0 Å². The Bertz CT molecular complexity index is 450. The van der Waals surface area contributed by atoms with E-state index in [1.54, 1.807) is 0 Å². The summed E-state index contributed by atoms with van der Waals surface area (Å²) in [7, 11) is 0. The van der Waals surface area contributed by atoms with Crippen molar-refractivity contribution in [2.45, 2.75) is 52.1 Å². The molecule has 1 fully saturated rings. The third-order valence-corrected chi connectivity index (χ3v) is 4.52. The van der Waals surface area contributed by atoms with Crippen LogP contribution >= 0.6 is 0 Å². The molecule has 1 saturated carbocycles. The zero-order chi connectivity index (χ0) is 14.4. The van der Waals surface area contributed by atoms with Crippen LogP contribution < -0.4 is 5.73 Å². The summed E-state index contributed by atoms with van der Waals surface area (Å²) in [5, 5.41) is 0. The van der Waals surface area contributed by atoms with Gasteiger partial charge in [-0.2, -0.15) is 0 Å².